The Balaban J connectivity index is 2.22. The van der Waals surface area contributed by atoms with Crippen molar-refractivity contribution in [1.82, 2.24) is 0 Å². The van der Waals surface area contributed by atoms with E-state index in [0.29, 0.717) is 18.0 Å². The van der Waals surface area contributed by atoms with Crippen LogP contribution < -0.4 is 5.06 Å². The van der Waals surface area contributed by atoms with Crippen LogP contribution in [0.5, 0.6) is 0 Å². The van der Waals surface area contributed by atoms with Gasteiger partial charge in [-0.05, 0) is 31.3 Å². The zero-order valence-corrected chi connectivity index (χ0v) is 12.6. The van der Waals surface area contributed by atoms with Crippen LogP contribution in [0.3, 0.4) is 0 Å². The highest BCUT2D eigenvalue weighted by Crippen LogP contribution is 2.31. The molecule has 22 heavy (non-hydrogen) atoms. The first-order chi connectivity index (χ1) is 11.7. The van der Waals surface area contributed by atoms with Gasteiger partial charge in [-0.15, -0.1) is 0 Å². The summed E-state index contributed by atoms with van der Waals surface area (Å²) in [6.07, 6.45) is 5.94. The molecule has 0 aromatic heterocycles. The van der Waals surface area contributed by atoms with Gasteiger partial charge in [0.15, 0.2) is 0 Å². The Labute approximate surface area is 135 Å². The normalized spacial score (nSPS) is 19.6. The van der Waals surface area contributed by atoms with E-state index < -0.39 is 17.8 Å². The molecule has 1 aliphatic carbocycles. The Kier molecular flexibility index (Phi) is 4.25. The maximum absolute atomic E-state index is 10.8. The van der Waals surface area contributed by atoms with Crippen LogP contribution in [-0.4, -0.2) is 16.2 Å². The molecule has 0 saturated heterocycles. The molecule has 1 N–H and O–H groups in total. The van der Waals surface area contributed by atoms with Gasteiger partial charge in [0, 0.05) is 16.2 Å². The summed E-state index contributed by atoms with van der Waals surface area (Å²) in [6, 6.07) is 4.65. The Morgan fingerprint density at radius 1 is 1.45 bits per heavy atom. The van der Waals surface area contributed by atoms with Gasteiger partial charge in [-0.3, -0.25) is 15.3 Å². The van der Waals surface area contributed by atoms with Crippen LogP contribution >= 0.6 is 0 Å². The van der Waals surface area contributed by atoms with Crippen molar-refractivity contribution in [3.8, 4) is 0 Å². The molecule has 1 aromatic carbocycles. The molecule has 5 nitrogen and oxygen atoms in total. The third kappa shape index (κ3) is 4.07. The average molecular weight is 307 g/mol. The van der Waals surface area contributed by atoms with Crippen molar-refractivity contribution in [3.05, 3.63) is 46.5 Å². The van der Waals surface area contributed by atoms with E-state index in [2.05, 4.69) is 6.58 Å². The standard InChI is InChI=1S/C17H24N2O3/c1-13(2)17(12-14-6-4-3-5-7-14)18(20)15-8-10-16(11-9-15)19(21)22/h8-11,14,17,20H,1,3-7,12H2,2H3/i2D3. The highest BCUT2D eigenvalue weighted by atomic mass is 16.6. The summed E-state index contributed by atoms with van der Waals surface area (Å²) >= 11 is 0. The molecule has 1 saturated carbocycles. The third-order valence-electron chi connectivity index (χ3n) is 4.30. The van der Waals surface area contributed by atoms with Gasteiger partial charge >= 0.3 is 0 Å². The second kappa shape index (κ2) is 7.40. The smallest absolute Gasteiger partial charge is 0.269 e. The van der Waals surface area contributed by atoms with Gasteiger partial charge < -0.3 is 0 Å². The third-order valence-corrected chi connectivity index (χ3v) is 4.30. The van der Waals surface area contributed by atoms with E-state index in [9.17, 15) is 15.3 Å². The summed E-state index contributed by atoms with van der Waals surface area (Å²) in [6.45, 7) is 1.34. The Hall–Kier alpha value is -1.88. The van der Waals surface area contributed by atoms with Crippen LogP contribution in [0.1, 0.15) is 49.5 Å². The lowest BCUT2D eigenvalue weighted by atomic mass is 9.83. The fraction of sp³-hybridized carbons (Fsp3) is 0.529. The van der Waals surface area contributed by atoms with Gasteiger partial charge in [0.25, 0.3) is 5.69 Å². The van der Waals surface area contributed by atoms with Gasteiger partial charge in [0.2, 0.25) is 0 Å². The molecule has 1 fully saturated rings. The number of nitro benzene ring substituents is 1. The zero-order chi connectivity index (χ0) is 18.6. The summed E-state index contributed by atoms with van der Waals surface area (Å²) in [5, 5.41) is 22.3. The zero-order valence-electron chi connectivity index (χ0n) is 15.6. The highest BCUT2D eigenvalue weighted by Gasteiger charge is 2.24. The van der Waals surface area contributed by atoms with Gasteiger partial charge in [0.05, 0.1) is 16.7 Å². The monoisotopic (exact) mass is 307 g/mol. The predicted molar refractivity (Wildman–Crippen MR) is 87.2 cm³/mol. The van der Waals surface area contributed by atoms with Crippen molar-refractivity contribution in [3.63, 3.8) is 0 Å². The number of benzene rings is 1. The first kappa shape index (κ1) is 12.6. The first-order valence-electron chi connectivity index (χ1n) is 9.12. The number of non-ortho nitro benzene ring substituents is 1. The fourth-order valence-corrected chi connectivity index (χ4v) is 3.04. The Bertz CT molecular complexity index is 611. The van der Waals surface area contributed by atoms with Crippen LogP contribution in [-0.2, 0) is 0 Å². The molecule has 0 heterocycles. The first-order valence-corrected chi connectivity index (χ1v) is 7.62. The van der Waals surface area contributed by atoms with E-state index >= 15 is 0 Å². The summed E-state index contributed by atoms with van der Waals surface area (Å²) in [5.41, 5.74) is 0.214. The molecule has 0 aliphatic heterocycles. The predicted octanol–water partition coefficient (Wildman–Crippen LogP) is 4.71. The number of nitro groups is 1. The van der Waals surface area contributed by atoms with Crippen LogP contribution in [0.2, 0.25) is 0 Å². The van der Waals surface area contributed by atoms with Gasteiger partial charge in [-0.2, -0.15) is 0 Å². The Morgan fingerprint density at radius 2 is 2.09 bits per heavy atom. The molecule has 1 unspecified atom stereocenters. The molecular formula is C17H24N2O3. The summed E-state index contributed by atoms with van der Waals surface area (Å²) in [7, 11) is 0. The molecule has 1 aromatic rings. The second-order valence-electron chi connectivity index (χ2n) is 5.90. The van der Waals surface area contributed by atoms with E-state index in [1.54, 1.807) is 0 Å². The number of hydroxylamine groups is 1. The van der Waals surface area contributed by atoms with E-state index in [4.69, 9.17) is 4.11 Å². The van der Waals surface area contributed by atoms with Crippen molar-refractivity contribution >= 4 is 11.4 Å². The SMILES string of the molecule is [2H]C([2H])([2H])C(=C)C(CC1CCCCC1)N(O)c1ccc([N+](=O)[O-])cc1. The van der Waals surface area contributed by atoms with Crippen LogP contribution in [0.4, 0.5) is 11.4 Å². The quantitative estimate of drug-likeness (QED) is 0.469. The molecule has 0 spiro atoms. The van der Waals surface area contributed by atoms with Crippen LogP contribution in [0.25, 0.3) is 0 Å². The minimum Gasteiger partial charge on any atom is -0.288 e. The molecule has 1 atom stereocenters. The van der Waals surface area contributed by atoms with Crippen molar-refractivity contribution in [2.45, 2.75) is 51.4 Å². The molecule has 120 valence electrons. The summed E-state index contributed by atoms with van der Waals surface area (Å²) in [4.78, 5) is 10.2. The molecular weight excluding hydrogens is 280 g/mol. The van der Waals surface area contributed by atoms with E-state index in [1.807, 2.05) is 0 Å². The lowest BCUT2D eigenvalue weighted by Crippen LogP contribution is -2.35. The molecule has 2 rings (SSSR count). The maximum Gasteiger partial charge on any atom is 0.269 e. The van der Waals surface area contributed by atoms with Crippen LogP contribution in [0.15, 0.2) is 36.4 Å². The topological polar surface area (TPSA) is 66.6 Å². The van der Waals surface area contributed by atoms with E-state index in [0.717, 1.165) is 30.7 Å². The number of anilines is 1. The van der Waals surface area contributed by atoms with Crippen LogP contribution in [0, 0.1) is 16.0 Å². The number of hydrogen-bond donors (Lipinski definition) is 1. The van der Waals surface area contributed by atoms with Gasteiger partial charge in [-0.25, -0.2) is 5.06 Å². The van der Waals surface area contributed by atoms with Crippen molar-refractivity contribution in [2.75, 3.05) is 5.06 Å². The maximum atomic E-state index is 10.8. The number of rotatable bonds is 6. The fourth-order valence-electron chi connectivity index (χ4n) is 3.04. The molecule has 0 radical (unpaired) electrons. The minimum absolute atomic E-state index is 0.0149. The Morgan fingerprint density at radius 3 is 2.64 bits per heavy atom. The molecule has 0 bridgehead atoms. The molecule has 0 amide bonds. The number of nitrogens with zero attached hydrogens (tertiary/aromatic N) is 2. The lowest BCUT2D eigenvalue weighted by Gasteiger charge is -2.32. The largest absolute Gasteiger partial charge is 0.288 e. The number of hydrogen-bond acceptors (Lipinski definition) is 4. The van der Waals surface area contributed by atoms with Gasteiger partial charge in [0.1, 0.15) is 0 Å². The summed E-state index contributed by atoms with van der Waals surface area (Å²) < 4.78 is 22.9. The highest BCUT2D eigenvalue weighted by molar-refractivity contribution is 5.50. The molecule has 5 heteroatoms. The van der Waals surface area contributed by atoms with Gasteiger partial charge in [-0.1, -0.05) is 44.3 Å². The summed E-state index contributed by atoms with van der Waals surface area (Å²) in [5.74, 6) is 0.338. The molecule has 1 aliphatic rings. The van der Waals surface area contributed by atoms with Crippen molar-refractivity contribution < 1.29 is 14.2 Å². The van der Waals surface area contributed by atoms with E-state index in [-0.39, 0.29) is 11.3 Å². The minimum atomic E-state index is -2.37. The average Bonchev–Trinajstić information content (AvgIpc) is 2.58. The second-order valence-corrected chi connectivity index (χ2v) is 5.90. The lowest BCUT2D eigenvalue weighted by molar-refractivity contribution is -0.384. The van der Waals surface area contributed by atoms with Crippen molar-refractivity contribution in [2.24, 2.45) is 5.92 Å². The van der Waals surface area contributed by atoms with Crippen molar-refractivity contribution in [1.29, 1.82) is 0 Å². The van der Waals surface area contributed by atoms with E-state index in [1.165, 1.54) is 30.7 Å².